The van der Waals surface area contributed by atoms with Gasteiger partial charge in [-0.1, -0.05) is 0 Å². The summed E-state index contributed by atoms with van der Waals surface area (Å²) in [6.45, 7) is 0. The van der Waals surface area contributed by atoms with E-state index < -0.39 is 18.4 Å². The van der Waals surface area contributed by atoms with Crippen molar-refractivity contribution in [1.82, 2.24) is 0 Å². The number of rotatable bonds is 1. The maximum atomic E-state index is 2.49. The Morgan fingerprint density at radius 1 is 0.500 bits per heavy atom. The molecule has 0 unspecified atom stereocenters. The standard InChI is InChI=1S/C18H11.3CH3.Sn/c1-3-7-15-13(5-1)9-11-18-16-8-4-2-6-14(16)10-12-17(15)18;;;;/h1-5,7-12H;3*1H3;. The maximum absolute atomic E-state index is 2.49. The topological polar surface area (TPSA) is 0 Å². The Balaban J connectivity index is 2.19. The van der Waals surface area contributed by atoms with Crippen LogP contribution in [0.5, 0.6) is 0 Å². The molecule has 0 aliphatic heterocycles. The summed E-state index contributed by atoms with van der Waals surface area (Å²) in [5.74, 6) is 0. The molecule has 4 rings (SSSR count). The Morgan fingerprint density at radius 3 is 1.91 bits per heavy atom. The molecular formula is C21H20Sn. The molecule has 0 radical (unpaired) electrons. The molecule has 1 heteroatoms. The second kappa shape index (κ2) is 4.99. The first-order chi connectivity index (χ1) is 10.6. The average Bonchev–Trinajstić information content (AvgIpc) is 2.52. The Morgan fingerprint density at radius 2 is 1.09 bits per heavy atom. The van der Waals surface area contributed by atoms with Gasteiger partial charge in [0.25, 0.3) is 0 Å². The molecule has 0 aromatic heterocycles. The fraction of sp³-hybridized carbons (Fsp3) is 0.143. The van der Waals surface area contributed by atoms with Gasteiger partial charge in [-0.3, -0.25) is 0 Å². The Bertz CT molecular complexity index is 1010. The molecule has 0 N–H and O–H groups in total. The molecule has 22 heavy (non-hydrogen) atoms. The van der Waals surface area contributed by atoms with Crippen LogP contribution in [0.15, 0.2) is 66.7 Å². The summed E-state index contributed by atoms with van der Waals surface area (Å²) in [5.41, 5.74) is 0. The van der Waals surface area contributed by atoms with Crippen LogP contribution in [0.4, 0.5) is 0 Å². The molecular weight excluding hydrogens is 371 g/mol. The van der Waals surface area contributed by atoms with Crippen LogP contribution in [-0.2, 0) is 0 Å². The molecule has 0 fully saturated rings. The normalized spacial score (nSPS) is 12.3. The summed E-state index contributed by atoms with van der Waals surface area (Å²) in [4.78, 5) is 7.48. The molecule has 0 aliphatic rings. The molecule has 0 nitrogen and oxygen atoms in total. The fourth-order valence-corrected chi connectivity index (χ4v) is 8.14. The first-order valence-corrected chi connectivity index (χ1v) is 17.9. The minimum atomic E-state index is -2.10. The molecule has 108 valence electrons. The van der Waals surface area contributed by atoms with E-state index in [0.717, 1.165) is 0 Å². The third kappa shape index (κ3) is 2.12. The summed E-state index contributed by atoms with van der Waals surface area (Å²) >= 11 is -2.10. The van der Waals surface area contributed by atoms with E-state index in [1.165, 1.54) is 32.3 Å². The summed E-state index contributed by atoms with van der Waals surface area (Å²) in [5, 5.41) is 8.30. The van der Waals surface area contributed by atoms with Gasteiger partial charge in [0.2, 0.25) is 0 Å². The first-order valence-electron chi connectivity index (χ1n) is 7.89. The summed E-state index contributed by atoms with van der Waals surface area (Å²) < 4.78 is 1.63. The van der Waals surface area contributed by atoms with Gasteiger partial charge in [0.15, 0.2) is 0 Å². The van der Waals surface area contributed by atoms with Crippen molar-refractivity contribution < 1.29 is 0 Å². The Kier molecular flexibility index (Phi) is 3.19. The van der Waals surface area contributed by atoms with Crippen LogP contribution in [0.2, 0.25) is 14.8 Å². The van der Waals surface area contributed by atoms with Crippen molar-refractivity contribution in [3.05, 3.63) is 66.7 Å². The SMILES string of the molecule is [CH3][Sn]([CH3])([CH3])[c]1cccc2c1ccc1c3ccccc3ccc21. The van der Waals surface area contributed by atoms with Crippen LogP contribution >= 0.6 is 0 Å². The van der Waals surface area contributed by atoms with Gasteiger partial charge >= 0.3 is 136 Å². The quantitative estimate of drug-likeness (QED) is 0.289. The number of hydrogen-bond donors (Lipinski definition) is 0. The second-order valence-electron chi connectivity index (χ2n) is 7.10. The van der Waals surface area contributed by atoms with Crippen molar-refractivity contribution in [3.63, 3.8) is 0 Å². The van der Waals surface area contributed by atoms with Crippen molar-refractivity contribution in [2.45, 2.75) is 14.8 Å². The molecule has 0 atom stereocenters. The molecule has 0 saturated heterocycles. The molecule has 0 spiro atoms. The average molecular weight is 391 g/mol. The fourth-order valence-electron chi connectivity index (χ4n) is 3.51. The second-order valence-corrected chi connectivity index (χ2v) is 21.5. The van der Waals surface area contributed by atoms with Crippen molar-refractivity contribution in [2.75, 3.05) is 0 Å². The Labute approximate surface area is 135 Å². The van der Waals surface area contributed by atoms with Gasteiger partial charge in [0.1, 0.15) is 0 Å². The van der Waals surface area contributed by atoms with Crippen molar-refractivity contribution in [2.24, 2.45) is 0 Å². The van der Waals surface area contributed by atoms with Crippen LogP contribution in [0.3, 0.4) is 0 Å². The van der Waals surface area contributed by atoms with Crippen molar-refractivity contribution in [3.8, 4) is 0 Å². The van der Waals surface area contributed by atoms with E-state index >= 15 is 0 Å². The van der Waals surface area contributed by atoms with E-state index in [2.05, 4.69) is 81.5 Å². The minimum absolute atomic E-state index is 1.32. The van der Waals surface area contributed by atoms with Gasteiger partial charge in [-0.05, 0) is 0 Å². The van der Waals surface area contributed by atoms with Gasteiger partial charge in [0, 0.05) is 0 Å². The molecule has 4 aromatic rings. The molecule has 0 bridgehead atoms. The van der Waals surface area contributed by atoms with Crippen molar-refractivity contribution >= 4 is 54.3 Å². The van der Waals surface area contributed by atoms with Crippen LogP contribution in [0.25, 0.3) is 32.3 Å². The third-order valence-electron chi connectivity index (χ3n) is 4.59. The van der Waals surface area contributed by atoms with Gasteiger partial charge < -0.3 is 0 Å². The van der Waals surface area contributed by atoms with E-state index in [1.807, 2.05) is 0 Å². The monoisotopic (exact) mass is 392 g/mol. The molecule has 0 amide bonds. The van der Waals surface area contributed by atoms with E-state index in [1.54, 1.807) is 3.58 Å². The third-order valence-corrected chi connectivity index (χ3v) is 10.4. The van der Waals surface area contributed by atoms with Crippen molar-refractivity contribution in [1.29, 1.82) is 0 Å². The van der Waals surface area contributed by atoms with Crippen LogP contribution in [0, 0.1) is 0 Å². The Hall–Kier alpha value is -1.54. The van der Waals surface area contributed by atoms with Gasteiger partial charge in [0.05, 0.1) is 0 Å². The van der Waals surface area contributed by atoms with E-state index in [-0.39, 0.29) is 0 Å². The molecule has 0 aliphatic carbocycles. The number of benzene rings is 4. The van der Waals surface area contributed by atoms with E-state index in [0.29, 0.717) is 0 Å². The zero-order chi connectivity index (χ0) is 15.3. The predicted octanol–water partition coefficient (Wildman–Crippen LogP) is 5.69. The van der Waals surface area contributed by atoms with Gasteiger partial charge in [-0.25, -0.2) is 0 Å². The summed E-state index contributed by atoms with van der Waals surface area (Å²) in [6.07, 6.45) is 0. The molecule has 0 saturated carbocycles. The van der Waals surface area contributed by atoms with E-state index in [9.17, 15) is 0 Å². The van der Waals surface area contributed by atoms with Crippen LogP contribution in [-0.4, -0.2) is 18.4 Å². The molecule has 0 heterocycles. The first kappa shape index (κ1) is 14.1. The van der Waals surface area contributed by atoms with Crippen LogP contribution in [0.1, 0.15) is 0 Å². The van der Waals surface area contributed by atoms with Gasteiger partial charge in [-0.2, -0.15) is 0 Å². The number of fused-ring (bicyclic) bond motifs is 5. The van der Waals surface area contributed by atoms with Crippen LogP contribution < -0.4 is 3.58 Å². The van der Waals surface area contributed by atoms with E-state index in [4.69, 9.17) is 0 Å². The molecule has 4 aromatic carbocycles. The summed E-state index contributed by atoms with van der Waals surface area (Å²) in [7, 11) is 0. The summed E-state index contributed by atoms with van der Waals surface area (Å²) in [6, 6.07) is 24.8. The predicted molar refractivity (Wildman–Crippen MR) is 102 cm³/mol. The van der Waals surface area contributed by atoms with Gasteiger partial charge in [-0.15, -0.1) is 0 Å². The zero-order valence-corrected chi connectivity index (χ0v) is 16.2. The number of hydrogen-bond acceptors (Lipinski definition) is 0. The zero-order valence-electron chi connectivity index (χ0n) is 13.4.